The average molecular weight is 280 g/mol. The molecule has 0 aliphatic carbocycles. The number of nitrogens with one attached hydrogen (secondary N) is 1. The van der Waals surface area contributed by atoms with Gasteiger partial charge in [0.05, 0.1) is 12.2 Å². The molecule has 1 rings (SSSR count). The first-order valence-electron chi connectivity index (χ1n) is 6.28. The van der Waals surface area contributed by atoms with Crippen molar-refractivity contribution in [2.24, 2.45) is 5.73 Å². The minimum absolute atomic E-state index is 0.148. The molecule has 1 aromatic carbocycles. The maximum Gasteiger partial charge on any atom is 0.236 e. The summed E-state index contributed by atoms with van der Waals surface area (Å²) in [5.41, 5.74) is 6.51. The van der Waals surface area contributed by atoms with Crippen molar-refractivity contribution < 1.29 is 9.59 Å². The Bertz CT molecular complexity index is 407. The molecule has 19 heavy (non-hydrogen) atoms. The first kappa shape index (κ1) is 15.7. The molecule has 4 nitrogen and oxygen atoms in total. The third-order valence-corrected chi connectivity index (χ3v) is 3.43. The molecule has 1 unspecified atom stereocenters. The van der Waals surface area contributed by atoms with E-state index >= 15 is 0 Å². The van der Waals surface area contributed by atoms with Crippen LogP contribution in [0.2, 0.25) is 0 Å². The van der Waals surface area contributed by atoms with Crippen LogP contribution in [0.4, 0.5) is 0 Å². The lowest BCUT2D eigenvalue weighted by Gasteiger charge is -2.05. The van der Waals surface area contributed by atoms with E-state index in [0.717, 1.165) is 17.7 Å². The lowest BCUT2D eigenvalue weighted by atomic mass is 10.1. The second-order valence-corrected chi connectivity index (χ2v) is 5.56. The molecular formula is C14H20N2O2S. The number of carbonyl (C=O) groups is 2. The molecule has 2 amide bonds. The molecule has 3 N–H and O–H groups in total. The molecule has 5 heteroatoms. The van der Waals surface area contributed by atoms with Crippen LogP contribution in [0.1, 0.15) is 18.9 Å². The van der Waals surface area contributed by atoms with Gasteiger partial charge in [0.25, 0.3) is 0 Å². The van der Waals surface area contributed by atoms with E-state index < -0.39 is 0 Å². The first-order valence-corrected chi connectivity index (χ1v) is 7.43. The van der Waals surface area contributed by atoms with Crippen LogP contribution >= 0.6 is 11.8 Å². The van der Waals surface area contributed by atoms with Gasteiger partial charge in [-0.2, -0.15) is 11.8 Å². The van der Waals surface area contributed by atoms with Crippen LogP contribution in [0.15, 0.2) is 30.3 Å². The lowest BCUT2D eigenvalue weighted by Crippen LogP contribution is -2.33. The number of thioether (sulfide) groups is 1. The van der Waals surface area contributed by atoms with E-state index in [2.05, 4.69) is 5.32 Å². The molecule has 1 atom stereocenters. The Hall–Kier alpha value is -1.33. The van der Waals surface area contributed by atoms with Crippen molar-refractivity contribution in [3.05, 3.63) is 35.9 Å². The van der Waals surface area contributed by atoms with Crippen molar-refractivity contribution in [2.45, 2.75) is 25.8 Å². The zero-order valence-corrected chi connectivity index (χ0v) is 11.9. The highest BCUT2D eigenvalue weighted by Gasteiger charge is 2.08. The number of benzene rings is 1. The molecule has 0 heterocycles. The summed E-state index contributed by atoms with van der Waals surface area (Å²) in [4.78, 5) is 23.1. The molecule has 0 saturated carbocycles. The Morgan fingerprint density at radius 2 is 1.95 bits per heavy atom. The zero-order chi connectivity index (χ0) is 14.1. The number of hydrogen-bond donors (Lipinski definition) is 2. The standard InChI is InChI=1S/C14H20N2O2S/c1-11(15)7-8-19-10-14(18)16-13(17)9-12-5-3-2-4-6-12/h2-6,11H,7-10,15H2,1H3,(H,16,17,18). The molecular weight excluding hydrogens is 260 g/mol. The number of hydrogen-bond acceptors (Lipinski definition) is 4. The van der Waals surface area contributed by atoms with Crippen LogP contribution in [-0.2, 0) is 16.0 Å². The molecule has 0 aromatic heterocycles. The number of rotatable bonds is 7. The minimum Gasteiger partial charge on any atom is -0.328 e. The molecule has 0 aliphatic rings. The summed E-state index contributed by atoms with van der Waals surface area (Å²) in [5, 5.41) is 2.39. The topological polar surface area (TPSA) is 72.2 Å². The van der Waals surface area contributed by atoms with E-state index in [0.29, 0.717) is 5.75 Å². The summed E-state index contributed by atoms with van der Waals surface area (Å²) in [6.45, 7) is 1.93. The number of amides is 2. The highest BCUT2D eigenvalue weighted by atomic mass is 32.2. The van der Waals surface area contributed by atoms with E-state index in [-0.39, 0.29) is 24.3 Å². The number of nitrogens with two attached hydrogens (primary N) is 1. The van der Waals surface area contributed by atoms with E-state index in [1.54, 1.807) is 0 Å². The van der Waals surface area contributed by atoms with Gasteiger partial charge in [-0.25, -0.2) is 0 Å². The molecule has 0 fully saturated rings. The monoisotopic (exact) mass is 280 g/mol. The van der Waals surface area contributed by atoms with Crippen LogP contribution in [0.5, 0.6) is 0 Å². The van der Waals surface area contributed by atoms with E-state index in [1.807, 2.05) is 37.3 Å². The quantitative estimate of drug-likeness (QED) is 0.739. The molecule has 0 saturated heterocycles. The SMILES string of the molecule is CC(N)CCSCC(=O)NC(=O)Cc1ccccc1. The summed E-state index contributed by atoms with van der Waals surface area (Å²) >= 11 is 1.49. The highest BCUT2D eigenvalue weighted by molar-refractivity contribution is 7.99. The largest absolute Gasteiger partial charge is 0.328 e. The van der Waals surface area contributed by atoms with Crippen LogP contribution in [-0.4, -0.2) is 29.4 Å². The minimum atomic E-state index is -0.260. The van der Waals surface area contributed by atoms with Crippen LogP contribution in [0.25, 0.3) is 0 Å². The Balaban J connectivity index is 2.19. The smallest absolute Gasteiger partial charge is 0.236 e. The summed E-state index contributed by atoms with van der Waals surface area (Å²) in [7, 11) is 0. The van der Waals surface area contributed by atoms with Gasteiger partial charge in [-0.3, -0.25) is 14.9 Å². The average Bonchev–Trinajstić information content (AvgIpc) is 2.35. The molecule has 0 aliphatic heterocycles. The zero-order valence-electron chi connectivity index (χ0n) is 11.1. The predicted octanol–water partition coefficient (Wildman–Crippen LogP) is 1.34. The van der Waals surface area contributed by atoms with Gasteiger partial charge in [0.1, 0.15) is 0 Å². The molecule has 1 aromatic rings. The van der Waals surface area contributed by atoms with Gasteiger partial charge in [-0.05, 0) is 24.7 Å². The third-order valence-electron chi connectivity index (χ3n) is 2.44. The van der Waals surface area contributed by atoms with Crippen molar-refractivity contribution in [1.29, 1.82) is 0 Å². The Kier molecular flexibility index (Phi) is 7.22. The Morgan fingerprint density at radius 3 is 2.58 bits per heavy atom. The van der Waals surface area contributed by atoms with E-state index in [9.17, 15) is 9.59 Å². The normalized spacial score (nSPS) is 11.9. The van der Waals surface area contributed by atoms with Gasteiger partial charge in [0, 0.05) is 6.04 Å². The second kappa shape index (κ2) is 8.72. The van der Waals surface area contributed by atoms with Gasteiger partial charge in [-0.1, -0.05) is 30.3 Å². The summed E-state index contributed by atoms with van der Waals surface area (Å²) in [5.74, 6) is 0.630. The number of imide groups is 1. The fourth-order valence-corrected chi connectivity index (χ4v) is 2.39. The van der Waals surface area contributed by atoms with Crippen LogP contribution in [0.3, 0.4) is 0 Å². The van der Waals surface area contributed by atoms with Crippen LogP contribution in [0, 0.1) is 0 Å². The van der Waals surface area contributed by atoms with Crippen molar-refractivity contribution >= 4 is 23.6 Å². The van der Waals surface area contributed by atoms with Crippen LogP contribution < -0.4 is 11.1 Å². The Morgan fingerprint density at radius 1 is 1.26 bits per heavy atom. The van der Waals surface area contributed by atoms with Gasteiger partial charge in [0.15, 0.2) is 0 Å². The van der Waals surface area contributed by atoms with Crippen molar-refractivity contribution in [2.75, 3.05) is 11.5 Å². The van der Waals surface area contributed by atoms with Crippen molar-refractivity contribution in [1.82, 2.24) is 5.32 Å². The maximum absolute atomic E-state index is 11.6. The molecule has 0 radical (unpaired) electrons. The molecule has 0 spiro atoms. The number of carbonyl (C=O) groups excluding carboxylic acids is 2. The Labute approximate surface area is 118 Å². The first-order chi connectivity index (χ1) is 9.08. The van der Waals surface area contributed by atoms with Gasteiger partial charge in [-0.15, -0.1) is 0 Å². The predicted molar refractivity (Wildman–Crippen MR) is 78.9 cm³/mol. The molecule has 0 bridgehead atoms. The van der Waals surface area contributed by atoms with Gasteiger partial charge in [0.2, 0.25) is 11.8 Å². The van der Waals surface area contributed by atoms with E-state index in [4.69, 9.17) is 5.73 Å². The summed E-state index contributed by atoms with van der Waals surface area (Å²) in [6.07, 6.45) is 1.10. The molecule has 104 valence electrons. The van der Waals surface area contributed by atoms with Crippen molar-refractivity contribution in [3.8, 4) is 0 Å². The fourth-order valence-electron chi connectivity index (χ4n) is 1.45. The lowest BCUT2D eigenvalue weighted by molar-refractivity contribution is -0.128. The van der Waals surface area contributed by atoms with Gasteiger partial charge >= 0.3 is 0 Å². The summed E-state index contributed by atoms with van der Waals surface area (Å²) < 4.78 is 0. The van der Waals surface area contributed by atoms with Crippen molar-refractivity contribution in [3.63, 3.8) is 0 Å². The maximum atomic E-state index is 11.6. The third kappa shape index (κ3) is 7.64. The van der Waals surface area contributed by atoms with E-state index in [1.165, 1.54) is 11.8 Å². The fraction of sp³-hybridized carbons (Fsp3) is 0.429. The second-order valence-electron chi connectivity index (χ2n) is 4.45. The highest BCUT2D eigenvalue weighted by Crippen LogP contribution is 2.04. The summed E-state index contributed by atoms with van der Waals surface area (Å²) in [6, 6.07) is 9.50. The van der Waals surface area contributed by atoms with Gasteiger partial charge < -0.3 is 5.73 Å².